The zero-order valence-corrected chi connectivity index (χ0v) is 23.1. The minimum absolute atomic E-state index is 0.182. The third-order valence-electron chi connectivity index (χ3n) is 7.08. The van der Waals surface area contributed by atoms with Crippen molar-refractivity contribution in [1.29, 1.82) is 0 Å². The van der Waals surface area contributed by atoms with E-state index in [1.165, 1.54) is 16.9 Å². The highest BCUT2D eigenvalue weighted by atomic mass is 32.2. The highest BCUT2D eigenvalue weighted by Crippen LogP contribution is 2.40. The van der Waals surface area contributed by atoms with Gasteiger partial charge in [0.2, 0.25) is 5.91 Å². The number of imidazole rings is 1. The molecule has 2 unspecified atom stereocenters. The molecule has 206 valence electrons. The van der Waals surface area contributed by atoms with Crippen LogP contribution in [0.4, 0.5) is 4.79 Å². The van der Waals surface area contributed by atoms with Crippen LogP contribution < -0.4 is 5.32 Å². The van der Waals surface area contributed by atoms with Gasteiger partial charge < -0.3 is 15.0 Å². The van der Waals surface area contributed by atoms with Gasteiger partial charge in [-0.05, 0) is 54.5 Å². The van der Waals surface area contributed by atoms with E-state index >= 15 is 0 Å². The van der Waals surface area contributed by atoms with Crippen LogP contribution in [0.5, 0.6) is 0 Å². The van der Waals surface area contributed by atoms with Crippen LogP contribution in [0.2, 0.25) is 0 Å². The second-order valence-electron chi connectivity index (χ2n) is 9.51. The fourth-order valence-corrected chi connectivity index (χ4v) is 5.46. The number of urea groups is 1. The molecular weight excluding hydrogens is 518 g/mol. The van der Waals surface area contributed by atoms with Crippen LogP contribution in [-0.4, -0.2) is 81.8 Å². The molecule has 2 aromatic carbocycles. The maximum atomic E-state index is 14.0. The van der Waals surface area contributed by atoms with Gasteiger partial charge in [-0.15, -0.1) is 0 Å². The number of carbonyl (C=O) groups is 4. The lowest BCUT2D eigenvalue weighted by Gasteiger charge is -2.33. The standard InChI is InChI=1S/C28H33N5O5S/c1-28(22-12-6-9-19-8-4-5-11-21(19)22)26(36)32(14-7-10-20-16-29-18-30-20)27(37)33(28)17-24(34)31-23(13-15-39-3)25(35)38-2/h4-6,8-9,11-12,16,18,23H,7,10,13-15,17H2,1-3H3,(H,29,30)(H,31,34). The van der Waals surface area contributed by atoms with E-state index in [0.717, 1.165) is 16.5 Å². The van der Waals surface area contributed by atoms with Crippen molar-refractivity contribution >= 4 is 46.3 Å². The lowest BCUT2D eigenvalue weighted by Crippen LogP contribution is -2.51. The van der Waals surface area contributed by atoms with Gasteiger partial charge >= 0.3 is 12.0 Å². The molecule has 39 heavy (non-hydrogen) atoms. The number of carbonyl (C=O) groups excluding carboxylic acids is 4. The Labute approximate surface area is 231 Å². The van der Waals surface area contributed by atoms with Crippen molar-refractivity contribution in [1.82, 2.24) is 25.1 Å². The number of imide groups is 1. The highest BCUT2D eigenvalue weighted by Gasteiger charge is 2.56. The monoisotopic (exact) mass is 551 g/mol. The molecule has 2 atom stereocenters. The van der Waals surface area contributed by atoms with Crippen molar-refractivity contribution in [2.45, 2.75) is 37.8 Å². The summed E-state index contributed by atoms with van der Waals surface area (Å²) in [5.74, 6) is -0.861. The Morgan fingerprint density at radius 3 is 2.67 bits per heavy atom. The van der Waals surface area contributed by atoms with Crippen LogP contribution in [-0.2, 0) is 31.1 Å². The SMILES string of the molecule is COC(=O)C(CCSC)NC(=O)CN1C(=O)N(CCCc2c[nH]cn2)C(=O)C1(C)c1cccc2ccccc12. The van der Waals surface area contributed by atoms with Crippen molar-refractivity contribution in [2.75, 3.05) is 32.2 Å². The molecule has 11 heteroatoms. The normalized spacial score (nSPS) is 18.0. The van der Waals surface area contributed by atoms with Crippen molar-refractivity contribution in [2.24, 2.45) is 0 Å². The zero-order chi connectivity index (χ0) is 28.0. The third kappa shape index (κ3) is 5.78. The molecule has 10 nitrogen and oxygen atoms in total. The number of hydrogen-bond donors (Lipinski definition) is 2. The molecule has 2 N–H and O–H groups in total. The van der Waals surface area contributed by atoms with Crippen LogP contribution in [0.15, 0.2) is 55.0 Å². The number of nitrogens with one attached hydrogen (secondary N) is 2. The van der Waals surface area contributed by atoms with E-state index in [0.29, 0.717) is 30.6 Å². The molecule has 4 rings (SSSR count). The molecule has 0 bridgehead atoms. The Kier molecular flexibility index (Phi) is 8.90. The van der Waals surface area contributed by atoms with E-state index in [2.05, 4.69) is 15.3 Å². The molecule has 0 aliphatic carbocycles. The molecule has 4 amide bonds. The number of thioether (sulfide) groups is 1. The zero-order valence-electron chi connectivity index (χ0n) is 22.3. The lowest BCUT2D eigenvalue weighted by atomic mass is 9.86. The molecule has 1 aliphatic rings. The van der Waals surface area contributed by atoms with Crippen LogP contribution >= 0.6 is 11.8 Å². The number of hydrogen-bond acceptors (Lipinski definition) is 7. The predicted octanol–water partition coefficient (Wildman–Crippen LogP) is 3.09. The smallest absolute Gasteiger partial charge is 0.328 e. The summed E-state index contributed by atoms with van der Waals surface area (Å²) in [7, 11) is 1.27. The van der Waals surface area contributed by atoms with Gasteiger partial charge in [-0.3, -0.25) is 19.4 Å². The Hall–Kier alpha value is -3.86. The average Bonchev–Trinajstić information content (AvgIpc) is 3.53. The maximum Gasteiger partial charge on any atom is 0.328 e. The maximum absolute atomic E-state index is 14.0. The van der Waals surface area contributed by atoms with Gasteiger partial charge in [-0.1, -0.05) is 42.5 Å². The van der Waals surface area contributed by atoms with Crippen molar-refractivity contribution in [3.8, 4) is 0 Å². The lowest BCUT2D eigenvalue weighted by molar-refractivity contribution is -0.145. The number of rotatable bonds is 12. The Balaban J connectivity index is 1.65. The van der Waals surface area contributed by atoms with E-state index in [4.69, 9.17) is 4.74 Å². The number of esters is 1. The Bertz CT molecular complexity index is 1340. The number of methoxy groups -OCH3 is 1. The summed E-state index contributed by atoms with van der Waals surface area (Å²) in [5, 5.41) is 4.44. The van der Waals surface area contributed by atoms with Crippen LogP contribution in [0, 0.1) is 0 Å². The van der Waals surface area contributed by atoms with Gasteiger partial charge in [-0.25, -0.2) is 14.6 Å². The molecule has 3 aromatic rings. The first kappa shape index (κ1) is 28.2. The van der Waals surface area contributed by atoms with Crippen molar-refractivity contribution in [3.05, 3.63) is 66.2 Å². The number of benzene rings is 2. The van der Waals surface area contributed by atoms with Crippen LogP contribution in [0.3, 0.4) is 0 Å². The minimum Gasteiger partial charge on any atom is -0.467 e. The van der Waals surface area contributed by atoms with Gasteiger partial charge in [0, 0.05) is 12.7 Å². The summed E-state index contributed by atoms with van der Waals surface area (Å²) in [6, 6.07) is 11.8. The number of aromatic nitrogens is 2. The summed E-state index contributed by atoms with van der Waals surface area (Å²) < 4.78 is 4.86. The van der Waals surface area contributed by atoms with E-state index in [1.807, 2.05) is 48.7 Å². The number of nitrogens with zero attached hydrogens (tertiary/aromatic N) is 3. The Morgan fingerprint density at radius 2 is 1.95 bits per heavy atom. The quantitative estimate of drug-likeness (QED) is 0.262. The van der Waals surface area contributed by atoms with Crippen LogP contribution in [0.1, 0.15) is 31.0 Å². The fraction of sp³-hybridized carbons (Fsp3) is 0.393. The van der Waals surface area contributed by atoms with E-state index in [-0.39, 0.29) is 6.54 Å². The van der Waals surface area contributed by atoms with Gasteiger partial charge in [0.1, 0.15) is 18.1 Å². The molecule has 1 saturated heterocycles. The van der Waals surface area contributed by atoms with Gasteiger partial charge in [0.05, 0.1) is 19.1 Å². The first-order valence-electron chi connectivity index (χ1n) is 12.8. The second-order valence-corrected chi connectivity index (χ2v) is 10.5. The number of fused-ring (bicyclic) bond motifs is 1. The number of aryl methyl sites for hydroxylation is 1. The Morgan fingerprint density at radius 1 is 1.18 bits per heavy atom. The van der Waals surface area contributed by atoms with Gasteiger partial charge in [0.25, 0.3) is 5.91 Å². The minimum atomic E-state index is -1.43. The third-order valence-corrected chi connectivity index (χ3v) is 7.72. The summed E-state index contributed by atoms with van der Waals surface area (Å²) in [6.45, 7) is 1.47. The fourth-order valence-electron chi connectivity index (χ4n) is 4.99. The first-order chi connectivity index (χ1) is 18.8. The van der Waals surface area contributed by atoms with Gasteiger partial charge in [-0.2, -0.15) is 11.8 Å². The molecule has 0 spiro atoms. The summed E-state index contributed by atoms with van der Waals surface area (Å²) in [5.41, 5.74) is 0.0384. The van der Waals surface area contributed by atoms with E-state index in [9.17, 15) is 19.2 Å². The number of H-pyrrole nitrogens is 1. The average molecular weight is 552 g/mol. The second kappa shape index (κ2) is 12.3. The van der Waals surface area contributed by atoms with Crippen molar-refractivity contribution in [3.63, 3.8) is 0 Å². The molecule has 1 aromatic heterocycles. The number of aromatic amines is 1. The predicted molar refractivity (Wildman–Crippen MR) is 149 cm³/mol. The summed E-state index contributed by atoms with van der Waals surface area (Å²) in [6.07, 6.45) is 6.75. The molecular formula is C28H33N5O5S. The van der Waals surface area contributed by atoms with Crippen molar-refractivity contribution < 1.29 is 23.9 Å². The summed E-state index contributed by atoms with van der Waals surface area (Å²) in [4.78, 5) is 62.9. The molecule has 0 radical (unpaired) electrons. The van der Waals surface area contributed by atoms with Gasteiger partial charge in [0.15, 0.2) is 0 Å². The van der Waals surface area contributed by atoms with E-state index in [1.54, 1.807) is 31.2 Å². The highest BCUT2D eigenvalue weighted by molar-refractivity contribution is 7.98. The topological polar surface area (TPSA) is 125 Å². The first-order valence-corrected chi connectivity index (χ1v) is 14.2. The molecule has 0 saturated carbocycles. The largest absolute Gasteiger partial charge is 0.467 e. The molecule has 2 heterocycles. The number of ether oxygens (including phenoxy) is 1. The molecule has 1 fully saturated rings. The van der Waals surface area contributed by atoms with E-state index < -0.39 is 41.9 Å². The molecule has 1 aliphatic heterocycles. The van der Waals surface area contributed by atoms with Crippen LogP contribution in [0.25, 0.3) is 10.8 Å². The number of amides is 4. The summed E-state index contributed by atoms with van der Waals surface area (Å²) >= 11 is 1.54.